The van der Waals surface area contributed by atoms with Gasteiger partial charge >= 0.3 is 0 Å². The van der Waals surface area contributed by atoms with Crippen molar-refractivity contribution in [3.8, 4) is 5.69 Å². The van der Waals surface area contributed by atoms with E-state index in [1.807, 2.05) is 48.7 Å². The van der Waals surface area contributed by atoms with Crippen LogP contribution in [0.5, 0.6) is 0 Å². The average molecular weight is 239 g/mol. The largest absolute Gasteiger partial charge is 0.309 e. The average Bonchev–Trinajstić information content (AvgIpc) is 2.65. The lowest BCUT2D eigenvalue weighted by Gasteiger charge is -2.07. The van der Waals surface area contributed by atoms with Crippen molar-refractivity contribution >= 4 is 10.9 Å². The Morgan fingerprint density at radius 3 is 2.61 bits per heavy atom. The molecule has 0 fully saturated rings. The predicted molar refractivity (Wildman–Crippen MR) is 71.2 cm³/mol. The van der Waals surface area contributed by atoms with Crippen LogP contribution in [-0.4, -0.2) is 14.8 Å². The molecule has 90 valence electrons. The van der Waals surface area contributed by atoms with Gasteiger partial charge in [-0.3, -0.25) is 4.79 Å². The molecule has 0 radical (unpaired) electrons. The minimum atomic E-state index is -0.160. The highest BCUT2D eigenvalue weighted by molar-refractivity contribution is 5.85. The van der Waals surface area contributed by atoms with Gasteiger partial charge in [0.15, 0.2) is 0 Å². The highest BCUT2D eigenvalue weighted by atomic mass is 16.1. The summed E-state index contributed by atoms with van der Waals surface area (Å²) >= 11 is 0. The fraction of sp³-hybridized carbons (Fsp3) is 0.143. The molecule has 0 aliphatic heterocycles. The van der Waals surface area contributed by atoms with Crippen LogP contribution < -0.4 is 5.56 Å². The summed E-state index contributed by atoms with van der Waals surface area (Å²) in [6.07, 6.45) is 1.71. The van der Waals surface area contributed by atoms with Crippen LogP contribution in [0.2, 0.25) is 0 Å². The number of hydrogen-bond donors (Lipinski definition) is 1. The molecule has 3 aromatic rings. The van der Waals surface area contributed by atoms with Crippen molar-refractivity contribution in [3.63, 3.8) is 0 Å². The number of para-hydroxylation sites is 1. The summed E-state index contributed by atoms with van der Waals surface area (Å²) in [5.41, 5.74) is 3.64. The zero-order chi connectivity index (χ0) is 12.7. The number of aromatic nitrogens is 3. The fourth-order valence-electron chi connectivity index (χ4n) is 2.32. The Hall–Kier alpha value is -2.36. The van der Waals surface area contributed by atoms with Crippen LogP contribution in [0, 0.1) is 13.8 Å². The number of nitrogens with one attached hydrogen (secondary N) is 1. The maximum Gasteiger partial charge on any atom is 0.289 e. The molecule has 18 heavy (non-hydrogen) atoms. The second-order valence-corrected chi connectivity index (χ2v) is 4.34. The first-order valence-electron chi connectivity index (χ1n) is 5.81. The number of rotatable bonds is 1. The van der Waals surface area contributed by atoms with E-state index in [1.165, 1.54) is 0 Å². The van der Waals surface area contributed by atoms with Crippen LogP contribution in [0.25, 0.3) is 16.6 Å². The SMILES string of the molecule is Cc1c(C)n(-c2ccccc2)c2c(=O)[nH]ncc12. The van der Waals surface area contributed by atoms with E-state index in [4.69, 9.17) is 0 Å². The molecular weight excluding hydrogens is 226 g/mol. The van der Waals surface area contributed by atoms with E-state index in [1.54, 1.807) is 6.20 Å². The number of aryl methyl sites for hydroxylation is 1. The second-order valence-electron chi connectivity index (χ2n) is 4.34. The van der Waals surface area contributed by atoms with Gasteiger partial charge in [-0.25, -0.2) is 5.10 Å². The van der Waals surface area contributed by atoms with Crippen LogP contribution >= 0.6 is 0 Å². The minimum Gasteiger partial charge on any atom is -0.309 e. The van der Waals surface area contributed by atoms with Gasteiger partial charge in [-0.2, -0.15) is 5.10 Å². The lowest BCUT2D eigenvalue weighted by atomic mass is 10.2. The Kier molecular flexibility index (Phi) is 2.30. The van der Waals surface area contributed by atoms with Crippen LogP contribution in [0.15, 0.2) is 41.3 Å². The molecule has 3 rings (SSSR count). The van der Waals surface area contributed by atoms with Crippen LogP contribution in [0.3, 0.4) is 0 Å². The molecule has 2 heterocycles. The molecule has 0 aliphatic rings. The van der Waals surface area contributed by atoms with Gasteiger partial charge < -0.3 is 4.57 Å². The Morgan fingerprint density at radius 1 is 1.17 bits per heavy atom. The van der Waals surface area contributed by atoms with Crippen molar-refractivity contribution in [2.45, 2.75) is 13.8 Å². The topological polar surface area (TPSA) is 50.7 Å². The highest BCUT2D eigenvalue weighted by Gasteiger charge is 2.14. The molecule has 1 aromatic carbocycles. The first-order valence-corrected chi connectivity index (χ1v) is 5.81. The number of H-pyrrole nitrogens is 1. The van der Waals surface area contributed by atoms with Gasteiger partial charge in [0.25, 0.3) is 5.56 Å². The van der Waals surface area contributed by atoms with E-state index in [0.717, 1.165) is 22.3 Å². The molecule has 0 spiro atoms. The van der Waals surface area contributed by atoms with Gasteiger partial charge in [0, 0.05) is 16.8 Å². The molecular formula is C14H13N3O. The first kappa shape index (κ1) is 10.8. The predicted octanol–water partition coefficient (Wildman–Crippen LogP) is 2.33. The number of nitrogens with zero attached hydrogens (tertiary/aromatic N) is 2. The third-order valence-electron chi connectivity index (χ3n) is 3.35. The third kappa shape index (κ3) is 1.39. The van der Waals surface area contributed by atoms with Crippen LogP contribution in [0.4, 0.5) is 0 Å². The van der Waals surface area contributed by atoms with E-state index in [9.17, 15) is 4.79 Å². The standard InChI is InChI=1S/C14H13N3O/c1-9-10(2)17(11-6-4-3-5-7-11)13-12(9)8-15-16-14(13)18/h3-8H,1-2H3,(H,16,18). The second kappa shape index (κ2) is 3.84. The van der Waals surface area contributed by atoms with Gasteiger partial charge in [-0.1, -0.05) is 18.2 Å². The molecule has 1 N–H and O–H groups in total. The maximum absolute atomic E-state index is 12.0. The van der Waals surface area contributed by atoms with Crippen molar-refractivity contribution in [2.75, 3.05) is 0 Å². The molecule has 0 aliphatic carbocycles. The van der Waals surface area contributed by atoms with E-state index < -0.39 is 0 Å². The molecule has 0 saturated carbocycles. The molecule has 2 aromatic heterocycles. The lowest BCUT2D eigenvalue weighted by molar-refractivity contribution is 0.979. The molecule has 0 amide bonds. The monoisotopic (exact) mass is 239 g/mol. The Labute approximate surface area is 104 Å². The summed E-state index contributed by atoms with van der Waals surface area (Å²) < 4.78 is 1.98. The minimum absolute atomic E-state index is 0.160. The van der Waals surface area contributed by atoms with Crippen molar-refractivity contribution in [1.82, 2.24) is 14.8 Å². The van der Waals surface area contributed by atoms with Crippen molar-refractivity contribution in [3.05, 3.63) is 58.1 Å². The lowest BCUT2D eigenvalue weighted by Crippen LogP contribution is -2.11. The van der Waals surface area contributed by atoms with Gasteiger partial charge in [0.2, 0.25) is 0 Å². The summed E-state index contributed by atoms with van der Waals surface area (Å²) in [5, 5.41) is 7.27. The summed E-state index contributed by atoms with van der Waals surface area (Å²) in [4.78, 5) is 12.0. The van der Waals surface area contributed by atoms with Crippen molar-refractivity contribution in [2.24, 2.45) is 0 Å². The zero-order valence-electron chi connectivity index (χ0n) is 10.3. The fourth-order valence-corrected chi connectivity index (χ4v) is 2.32. The van der Waals surface area contributed by atoms with E-state index in [-0.39, 0.29) is 5.56 Å². The summed E-state index contributed by atoms with van der Waals surface area (Å²) in [5.74, 6) is 0. The highest BCUT2D eigenvalue weighted by Crippen LogP contribution is 2.25. The van der Waals surface area contributed by atoms with Gasteiger partial charge in [0.1, 0.15) is 5.52 Å². The van der Waals surface area contributed by atoms with Gasteiger partial charge in [-0.05, 0) is 31.5 Å². The third-order valence-corrected chi connectivity index (χ3v) is 3.35. The summed E-state index contributed by atoms with van der Waals surface area (Å²) in [6, 6.07) is 9.87. The Bertz CT molecular complexity index is 769. The number of aromatic amines is 1. The molecule has 0 saturated heterocycles. The van der Waals surface area contributed by atoms with E-state index >= 15 is 0 Å². The van der Waals surface area contributed by atoms with Crippen molar-refractivity contribution in [1.29, 1.82) is 0 Å². The smallest absolute Gasteiger partial charge is 0.289 e. The maximum atomic E-state index is 12.0. The molecule has 0 bridgehead atoms. The van der Waals surface area contributed by atoms with Gasteiger partial charge in [0.05, 0.1) is 6.20 Å². The number of benzene rings is 1. The Balaban J connectivity index is 2.50. The quantitative estimate of drug-likeness (QED) is 0.708. The first-order chi connectivity index (χ1) is 8.70. The van der Waals surface area contributed by atoms with Crippen LogP contribution in [-0.2, 0) is 0 Å². The normalized spacial score (nSPS) is 11.0. The molecule has 4 nitrogen and oxygen atoms in total. The van der Waals surface area contributed by atoms with E-state index in [0.29, 0.717) is 5.52 Å². The van der Waals surface area contributed by atoms with Crippen molar-refractivity contribution < 1.29 is 0 Å². The molecule has 0 atom stereocenters. The molecule has 0 unspecified atom stereocenters. The number of hydrogen-bond acceptors (Lipinski definition) is 2. The van der Waals surface area contributed by atoms with Gasteiger partial charge in [-0.15, -0.1) is 0 Å². The number of fused-ring (bicyclic) bond motifs is 1. The summed E-state index contributed by atoms with van der Waals surface area (Å²) in [7, 11) is 0. The zero-order valence-corrected chi connectivity index (χ0v) is 10.3. The summed E-state index contributed by atoms with van der Waals surface area (Å²) in [6.45, 7) is 4.03. The Morgan fingerprint density at radius 2 is 1.89 bits per heavy atom. The van der Waals surface area contributed by atoms with Crippen LogP contribution in [0.1, 0.15) is 11.3 Å². The molecule has 4 heteroatoms. The van der Waals surface area contributed by atoms with E-state index in [2.05, 4.69) is 10.2 Å².